The Balaban J connectivity index is 2.19. The molecular formula is C14H15Cl2N3O2S. The molecule has 0 bridgehead atoms. The molecule has 0 radical (unpaired) electrons. The first kappa shape index (κ1) is 16.9. The fraction of sp³-hybridized carbons (Fsp3) is 0.214. The van der Waals surface area contributed by atoms with Crippen LogP contribution in [0.2, 0.25) is 10.0 Å². The minimum absolute atomic E-state index is 0.0214. The molecule has 0 aliphatic carbocycles. The summed E-state index contributed by atoms with van der Waals surface area (Å²) >= 11 is 11.6. The van der Waals surface area contributed by atoms with Crippen LogP contribution in [0, 0.1) is 0 Å². The smallest absolute Gasteiger partial charge is 0.263 e. The number of nitrogens with zero attached hydrogens (tertiary/aromatic N) is 1. The molecule has 2 rings (SSSR count). The average molecular weight is 360 g/mol. The molecule has 0 aliphatic heterocycles. The third kappa shape index (κ3) is 4.25. The first-order chi connectivity index (χ1) is 10.3. The monoisotopic (exact) mass is 359 g/mol. The normalized spacial score (nSPS) is 11.5. The molecule has 22 heavy (non-hydrogen) atoms. The molecular weight excluding hydrogens is 345 g/mol. The maximum atomic E-state index is 12.3. The number of sulfonamides is 1. The lowest BCUT2D eigenvalue weighted by molar-refractivity contribution is 0.601. The number of hydrogen-bond acceptors (Lipinski definition) is 4. The van der Waals surface area contributed by atoms with E-state index in [0.29, 0.717) is 5.02 Å². The van der Waals surface area contributed by atoms with E-state index in [9.17, 15) is 8.42 Å². The van der Waals surface area contributed by atoms with E-state index in [-0.39, 0.29) is 21.8 Å². The molecule has 8 heteroatoms. The molecule has 0 spiro atoms. The van der Waals surface area contributed by atoms with Crippen LogP contribution in [0.3, 0.4) is 0 Å². The van der Waals surface area contributed by atoms with Crippen LogP contribution in [0.25, 0.3) is 0 Å². The van der Waals surface area contributed by atoms with Gasteiger partial charge in [-0.15, -0.1) is 0 Å². The Labute approximate surface area is 139 Å². The minimum Gasteiger partial charge on any atom is -0.382 e. The van der Waals surface area contributed by atoms with Crippen LogP contribution < -0.4 is 10.0 Å². The summed E-state index contributed by atoms with van der Waals surface area (Å²) in [7, 11) is -3.76. The number of halogens is 2. The van der Waals surface area contributed by atoms with Crippen molar-refractivity contribution in [1.29, 1.82) is 0 Å². The Bertz CT molecular complexity index is 762. The van der Waals surface area contributed by atoms with Crippen LogP contribution in [-0.4, -0.2) is 19.4 Å². The molecule has 1 aromatic carbocycles. The van der Waals surface area contributed by atoms with Crippen LogP contribution in [0.15, 0.2) is 41.4 Å². The van der Waals surface area contributed by atoms with Gasteiger partial charge in [-0.1, -0.05) is 23.2 Å². The van der Waals surface area contributed by atoms with Gasteiger partial charge in [-0.3, -0.25) is 4.72 Å². The van der Waals surface area contributed by atoms with Crippen molar-refractivity contribution in [3.63, 3.8) is 0 Å². The van der Waals surface area contributed by atoms with Crippen LogP contribution in [0.5, 0.6) is 0 Å². The highest BCUT2D eigenvalue weighted by molar-refractivity contribution is 7.92. The van der Waals surface area contributed by atoms with E-state index in [1.54, 1.807) is 18.3 Å². The molecule has 0 unspecified atom stereocenters. The highest BCUT2D eigenvalue weighted by atomic mass is 35.5. The summed E-state index contributed by atoms with van der Waals surface area (Å²) in [4.78, 5) is 4.09. The molecule has 118 valence electrons. The van der Waals surface area contributed by atoms with Gasteiger partial charge in [-0.2, -0.15) is 0 Å². The summed E-state index contributed by atoms with van der Waals surface area (Å²) in [6.45, 7) is 4.00. The molecule has 2 N–H and O–H groups in total. The summed E-state index contributed by atoms with van der Waals surface area (Å²) in [5.41, 5.74) is 0.812. The second-order valence-corrected chi connectivity index (χ2v) is 7.41. The topological polar surface area (TPSA) is 71.1 Å². The van der Waals surface area contributed by atoms with Gasteiger partial charge in [0.05, 0.1) is 26.8 Å². The third-order valence-corrected chi connectivity index (χ3v) is 4.75. The fourth-order valence-electron chi connectivity index (χ4n) is 1.71. The zero-order valence-corrected chi connectivity index (χ0v) is 14.3. The Kier molecular flexibility index (Phi) is 5.16. The van der Waals surface area contributed by atoms with Gasteiger partial charge in [-0.25, -0.2) is 13.4 Å². The lowest BCUT2D eigenvalue weighted by atomic mass is 10.3. The molecule has 0 saturated heterocycles. The van der Waals surface area contributed by atoms with E-state index in [1.807, 2.05) is 13.8 Å². The summed E-state index contributed by atoms with van der Waals surface area (Å²) in [6.07, 6.45) is 1.56. The van der Waals surface area contributed by atoms with E-state index in [0.717, 1.165) is 5.69 Å². The van der Waals surface area contributed by atoms with Crippen LogP contribution in [0.1, 0.15) is 13.8 Å². The SMILES string of the molecule is CC(C)Nc1ccc(NS(=O)(=O)c2ccc(Cl)c(Cl)c2)nc1. The molecule has 0 amide bonds. The maximum absolute atomic E-state index is 12.3. The molecule has 1 heterocycles. The summed E-state index contributed by atoms with van der Waals surface area (Å²) in [6, 6.07) is 7.70. The van der Waals surface area contributed by atoms with Crippen molar-refractivity contribution in [1.82, 2.24) is 4.98 Å². The van der Waals surface area contributed by atoms with Crippen LogP contribution in [-0.2, 0) is 10.0 Å². The highest BCUT2D eigenvalue weighted by Crippen LogP contribution is 2.25. The Morgan fingerprint density at radius 3 is 2.36 bits per heavy atom. The first-order valence-electron chi connectivity index (χ1n) is 6.48. The number of pyridine rings is 1. The number of anilines is 2. The third-order valence-electron chi connectivity index (χ3n) is 2.66. The van der Waals surface area contributed by atoms with Crippen LogP contribution >= 0.6 is 23.2 Å². The highest BCUT2D eigenvalue weighted by Gasteiger charge is 2.16. The summed E-state index contributed by atoms with van der Waals surface area (Å²) in [5.74, 6) is 0.223. The van der Waals surface area contributed by atoms with Gasteiger partial charge in [0.25, 0.3) is 10.0 Å². The average Bonchev–Trinajstić information content (AvgIpc) is 2.43. The largest absolute Gasteiger partial charge is 0.382 e. The van der Waals surface area contributed by atoms with Crippen molar-refractivity contribution >= 4 is 44.7 Å². The Morgan fingerprint density at radius 1 is 1.09 bits per heavy atom. The predicted molar refractivity (Wildman–Crippen MR) is 90.3 cm³/mol. The van der Waals surface area contributed by atoms with Crippen molar-refractivity contribution in [2.24, 2.45) is 0 Å². The molecule has 0 saturated carbocycles. The second kappa shape index (κ2) is 6.73. The van der Waals surface area contributed by atoms with Gasteiger partial charge in [0.1, 0.15) is 5.82 Å². The summed E-state index contributed by atoms with van der Waals surface area (Å²) < 4.78 is 26.9. The number of nitrogens with one attached hydrogen (secondary N) is 2. The second-order valence-electron chi connectivity index (χ2n) is 4.91. The van der Waals surface area contributed by atoms with Crippen molar-refractivity contribution < 1.29 is 8.42 Å². The van der Waals surface area contributed by atoms with Crippen molar-refractivity contribution in [2.45, 2.75) is 24.8 Å². The Morgan fingerprint density at radius 2 is 1.82 bits per heavy atom. The van der Waals surface area contributed by atoms with Gasteiger partial charge in [0, 0.05) is 6.04 Å². The lowest BCUT2D eigenvalue weighted by Crippen LogP contribution is -2.14. The van der Waals surface area contributed by atoms with E-state index in [2.05, 4.69) is 15.0 Å². The molecule has 1 aromatic heterocycles. The zero-order valence-electron chi connectivity index (χ0n) is 12.0. The van der Waals surface area contributed by atoms with E-state index < -0.39 is 10.0 Å². The van der Waals surface area contributed by atoms with E-state index in [4.69, 9.17) is 23.2 Å². The minimum atomic E-state index is -3.76. The molecule has 5 nitrogen and oxygen atoms in total. The van der Waals surface area contributed by atoms with Crippen LogP contribution in [0.4, 0.5) is 11.5 Å². The summed E-state index contributed by atoms with van der Waals surface area (Å²) in [5, 5.41) is 3.64. The fourth-order valence-corrected chi connectivity index (χ4v) is 3.11. The number of aromatic nitrogens is 1. The van der Waals surface area contributed by atoms with Crippen molar-refractivity contribution in [3.8, 4) is 0 Å². The van der Waals surface area contributed by atoms with Gasteiger partial charge < -0.3 is 5.32 Å². The lowest BCUT2D eigenvalue weighted by Gasteiger charge is -2.11. The zero-order chi connectivity index (χ0) is 16.3. The van der Waals surface area contributed by atoms with Gasteiger partial charge in [-0.05, 0) is 44.2 Å². The van der Waals surface area contributed by atoms with Crippen molar-refractivity contribution in [3.05, 3.63) is 46.6 Å². The maximum Gasteiger partial charge on any atom is 0.263 e. The van der Waals surface area contributed by atoms with Gasteiger partial charge in [0.15, 0.2) is 0 Å². The molecule has 0 atom stereocenters. The quantitative estimate of drug-likeness (QED) is 0.845. The van der Waals surface area contributed by atoms with Crippen molar-refractivity contribution in [2.75, 3.05) is 10.0 Å². The number of benzene rings is 1. The molecule has 0 aliphatic rings. The Hall–Kier alpha value is -1.50. The number of rotatable bonds is 5. The van der Waals surface area contributed by atoms with Gasteiger partial charge in [0.2, 0.25) is 0 Å². The van der Waals surface area contributed by atoms with Gasteiger partial charge >= 0.3 is 0 Å². The van der Waals surface area contributed by atoms with E-state index >= 15 is 0 Å². The first-order valence-corrected chi connectivity index (χ1v) is 8.72. The number of hydrogen-bond donors (Lipinski definition) is 2. The van der Waals surface area contributed by atoms with E-state index in [1.165, 1.54) is 18.2 Å². The molecule has 2 aromatic rings. The predicted octanol–water partition coefficient (Wildman–Crippen LogP) is 4.01. The standard InChI is InChI=1S/C14H15Cl2N3O2S/c1-9(2)18-10-3-6-14(17-8-10)19-22(20,21)11-4-5-12(15)13(16)7-11/h3-9,18H,1-2H3,(H,17,19). The molecule has 0 fully saturated rings.